The second-order valence-corrected chi connectivity index (χ2v) is 10.1. The van der Waals surface area contributed by atoms with Gasteiger partial charge in [0.25, 0.3) is 10.0 Å². The highest BCUT2D eigenvalue weighted by molar-refractivity contribution is 9.10. The van der Waals surface area contributed by atoms with Crippen LogP contribution in [0.1, 0.15) is 43.4 Å². The van der Waals surface area contributed by atoms with E-state index in [0.29, 0.717) is 28.0 Å². The van der Waals surface area contributed by atoms with Gasteiger partial charge in [0, 0.05) is 11.5 Å². The predicted molar refractivity (Wildman–Crippen MR) is 119 cm³/mol. The summed E-state index contributed by atoms with van der Waals surface area (Å²) in [6, 6.07) is 16.1. The van der Waals surface area contributed by atoms with Crippen LogP contribution in [0.4, 0.5) is 0 Å². The van der Waals surface area contributed by atoms with Crippen LogP contribution in [0.2, 0.25) is 0 Å². The van der Waals surface area contributed by atoms with E-state index in [1.54, 1.807) is 24.3 Å². The Labute approximate surface area is 184 Å². The Morgan fingerprint density at radius 2 is 1.77 bits per heavy atom. The number of carbonyl (C=O) groups excluding carboxylic acids is 1. The molecule has 2 heterocycles. The number of rotatable bonds is 5. The van der Waals surface area contributed by atoms with Crippen LogP contribution in [-0.2, 0) is 14.8 Å². The van der Waals surface area contributed by atoms with E-state index in [2.05, 4.69) is 15.9 Å². The van der Waals surface area contributed by atoms with E-state index in [0.717, 1.165) is 17.5 Å². The van der Waals surface area contributed by atoms with Crippen LogP contribution in [0.5, 0.6) is 5.75 Å². The monoisotopic (exact) mass is 487 g/mol. The normalized spacial score (nSPS) is 16.2. The van der Waals surface area contributed by atoms with Gasteiger partial charge < -0.3 is 4.74 Å². The number of nitrogens with zero attached hydrogens (tertiary/aromatic N) is 1. The SMILES string of the molecule is CCC[C@H]1CC(=O)Oc2c(Br)c(-c3ccccc3)n(S(=O)(=O)c3ccc(C)cc3)c21. The highest BCUT2D eigenvalue weighted by Gasteiger charge is 2.39. The lowest BCUT2D eigenvalue weighted by Crippen LogP contribution is -2.25. The molecule has 0 unspecified atom stereocenters. The zero-order chi connectivity index (χ0) is 21.5. The average Bonchev–Trinajstić information content (AvgIpc) is 3.02. The third kappa shape index (κ3) is 3.50. The molecule has 0 amide bonds. The Balaban J connectivity index is 2.07. The smallest absolute Gasteiger partial charge is 0.311 e. The number of aryl methyl sites for hydroxylation is 1. The van der Waals surface area contributed by atoms with Gasteiger partial charge in [0.05, 0.1) is 27.2 Å². The van der Waals surface area contributed by atoms with Crippen LogP contribution in [-0.4, -0.2) is 18.4 Å². The van der Waals surface area contributed by atoms with Gasteiger partial charge in [-0.2, -0.15) is 0 Å². The van der Waals surface area contributed by atoms with E-state index in [1.165, 1.54) is 3.97 Å². The summed E-state index contributed by atoms with van der Waals surface area (Å²) >= 11 is 3.54. The summed E-state index contributed by atoms with van der Waals surface area (Å²) in [6.07, 6.45) is 1.68. The molecule has 1 aromatic heterocycles. The first kappa shape index (κ1) is 20.9. The third-order valence-corrected chi connectivity index (χ3v) is 7.78. The fourth-order valence-electron chi connectivity index (χ4n) is 3.92. The van der Waals surface area contributed by atoms with Gasteiger partial charge in [-0.1, -0.05) is 61.4 Å². The first-order valence-corrected chi connectivity index (χ1v) is 12.1. The number of fused-ring (bicyclic) bond motifs is 1. The zero-order valence-electron chi connectivity index (χ0n) is 16.8. The van der Waals surface area contributed by atoms with Crippen molar-refractivity contribution in [3.63, 3.8) is 0 Å². The molecule has 2 aromatic carbocycles. The number of aromatic nitrogens is 1. The molecule has 0 radical (unpaired) electrons. The molecule has 4 rings (SSSR count). The summed E-state index contributed by atoms with van der Waals surface area (Å²) in [5, 5.41) is 0. The molecule has 3 aromatic rings. The molecule has 0 spiro atoms. The third-order valence-electron chi connectivity index (χ3n) is 5.32. The van der Waals surface area contributed by atoms with Crippen molar-refractivity contribution in [2.45, 2.75) is 43.9 Å². The molecule has 1 aliphatic heterocycles. The maximum absolute atomic E-state index is 13.9. The second kappa shape index (κ2) is 8.04. The van der Waals surface area contributed by atoms with E-state index in [9.17, 15) is 13.2 Å². The number of hydrogen-bond donors (Lipinski definition) is 0. The van der Waals surface area contributed by atoms with Crippen molar-refractivity contribution in [1.82, 2.24) is 3.97 Å². The van der Waals surface area contributed by atoms with Crippen molar-refractivity contribution in [1.29, 1.82) is 0 Å². The van der Waals surface area contributed by atoms with E-state index in [4.69, 9.17) is 4.74 Å². The summed E-state index contributed by atoms with van der Waals surface area (Å²) in [6.45, 7) is 3.94. The number of halogens is 1. The molecule has 156 valence electrons. The van der Waals surface area contributed by atoms with Gasteiger partial charge in [0.15, 0.2) is 5.75 Å². The first-order valence-electron chi connectivity index (χ1n) is 9.87. The van der Waals surface area contributed by atoms with Crippen molar-refractivity contribution >= 4 is 31.9 Å². The Bertz CT molecular complexity index is 1200. The summed E-state index contributed by atoms with van der Waals surface area (Å²) < 4.78 is 35.1. The van der Waals surface area contributed by atoms with Crippen molar-refractivity contribution in [3.8, 4) is 17.0 Å². The van der Waals surface area contributed by atoms with Gasteiger partial charge in [-0.15, -0.1) is 0 Å². The van der Waals surface area contributed by atoms with Crippen molar-refractivity contribution < 1.29 is 17.9 Å². The first-order chi connectivity index (χ1) is 14.3. The largest absolute Gasteiger partial charge is 0.423 e. The van der Waals surface area contributed by atoms with Crippen molar-refractivity contribution in [2.75, 3.05) is 0 Å². The second-order valence-electron chi connectivity index (χ2n) is 7.49. The topological polar surface area (TPSA) is 65.4 Å². The lowest BCUT2D eigenvalue weighted by Gasteiger charge is -2.24. The van der Waals surface area contributed by atoms with Crippen LogP contribution in [0.15, 0.2) is 64.0 Å². The minimum Gasteiger partial charge on any atom is -0.423 e. The van der Waals surface area contributed by atoms with Gasteiger partial charge in [0.2, 0.25) is 0 Å². The quantitative estimate of drug-likeness (QED) is 0.435. The van der Waals surface area contributed by atoms with Gasteiger partial charge in [-0.25, -0.2) is 12.4 Å². The molecule has 1 aliphatic rings. The van der Waals surface area contributed by atoms with Gasteiger partial charge in [-0.3, -0.25) is 4.79 Å². The Morgan fingerprint density at radius 1 is 1.10 bits per heavy atom. The Morgan fingerprint density at radius 3 is 2.40 bits per heavy atom. The van der Waals surface area contributed by atoms with Crippen LogP contribution < -0.4 is 4.74 Å². The van der Waals surface area contributed by atoms with E-state index < -0.39 is 10.0 Å². The van der Waals surface area contributed by atoms with Crippen molar-refractivity contribution in [3.05, 3.63) is 70.3 Å². The Kier molecular flexibility index (Phi) is 5.59. The molecule has 7 heteroatoms. The predicted octanol–water partition coefficient (Wildman–Crippen LogP) is 5.66. The molecular formula is C23H22BrNO4S. The van der Waals surface area contributed by atoms with Crippen LogP contribution in [0, 0.1) is 6.92 Å². The average molecular weight is 488 g/mol. The van der Waals surface area contributed by atoms with Gasteiger partial charge >= 0.3 is 5.97 Å². The highest BCUT2D eigenvalue weighted by atomic mass is 79.9. The lowest BCUT2D eigenvalue weighted by molar-refractivity contribution is -0.136. The molecule has 0 bridgehead atoms. The van der Waals surface area contributed by atoms with E-state index >= 15 is 0 Å². The summed E-state index contributed by atoms with van der Waals surface area (Å²) in [4.78, 5) is 12.5. The van der Waals surface area contributed by atoms with Crippen LogP contribution in [0.3, 0.4) is 0 Å². The van der Waals surface area contributed by atoms with Crippen LogP contribution in [0.25, 0.3) is 11.3 Å². The maximum Gasteiger partial charge on any atom is 0.311 e. The molecule has 0 fully saturated rings. The fourth-order valence-corrected chi connectivity index (χ4v) is 6.34. The summed E-state index contributed by atoms with van der Waals surface area (Å²) in [5.41, 5.74) is 2.70. The van der Waals surface area contributed by atoms with Crippen molar-refractivity contribution in [2.24, 2.45) is 0 Å². The highest BCUT2D eigenvalue weighted by Crippen LogP contribution is 2.49. The number of ether oxygens (including phenoxy) is 1. The molecule has 30 heavy (non-hydrogen) atoms. The standard InChI is InChI=1S/C23H22BrNO4S/c1-3-7-17-14-19(26)29-23-20(24)21(16-8-5-4-6-9-16)25(22(17)23)30(27,28)18-12-10-15(2)11-13-18/h4-6,8-13,17H,3,7,14H2,1-2H3/t17-/m0/s1. The summed E-state index contributed by atoms with van der Waals surface area (Å²) in [5.74, 6) is -0.273. The molecular weight excluding hydrogens is 466 g/mol. The molecule has 1 atom stereocenters. The molecule has 0 N–H and O–H groups in total. The number of hydrogen-bond acceptors (Lipinski definition) is 4. The number of esters is 1. The zero-order valence-corrected chi connectivity index (χ0v) is 19.2. The minimum absolute atomic E-state index is 0.162. The van der Waals surface area contributed by atoms with E-state index in [-0.39, 0.29) is 23.2 Å². The molecule has 0 saturated carbocycles. The summed E-state index contributed by atoms with van der Waals surface area (Å²) in [7, 11) is -3.93. The minimum atomic E-state index is -3.93. The van der Waals surface area contributed by atoms with Gasteiger partial charge in [0.1, 0.15) is 0 Å². The Hall–Kier alpha value is -2.38. The molecule has 0 saturated heterocycles. The fraction of sp³-hybridized carbons (Fsp3) is 0.261. The maximum atomic E-state index is 13.9. The number of carbonyl (C=O) groups is 1. The lowest BCUT2D eigenvalue weighted by atomic mass is 9.94. The van der Waals surface area contributed by atoms with Crippen LogP contribution >= 0.6 is 15.9 Å². The number of benzene rings is 2. The molecule has 5 nitrogen and oxygen atoms in total. The van der Waals surface area contributed by atoms with Gasteiger partial charge in [-0.05, 0) is 41.4 Å². The molecule has 0 aliphatic carbocycles. The van der Waals surface area contributed by atoms with E-state index in [1.807, 2.05) is 44.2 Å².